The molecule has 0 saturated heterocycles. The molecular weight excluding hydrogens is 328 g/mol. The molecule has 5 heteroatoms. The van der Waals surface area contributed by atoms with Crippen LogP contribution >= 0.6 is 11.6 Å². The first-order valence-electron chi connectivity index (χ1n) is 8.27. The second-order valence-electron chi connectivity index (χ2n) is 7.36. The van der Waals surface area contributed by atoms with E-state index in [4.69, 9.17) is 21.1 Å². The zero-order valence-corrected chi connectivity index (χ0v) is 15.5. The summed E-state index contributed by atoms with van der Waals surface area (Å²) in [4.78, 5) is 23.7. The Labute approximate surface area is 148 Å². The van der Waals surface area contributed by atoms with Crippen molar-refractivity contribution >= 4 is 23.4 Å². The van der Waals surface area contributed by atoms with Crippen molar-refractivity contribution in [2.75, 3.05) is 7.11 Å². The number of carbonyl (C=O) groups excluding carboxylic acids is 2. The number of benzene rings is 1. The number of rotatable bonds is 5. The van der Waals surface area contributed by atoms with Crippen LogP contribution in [-0.4, -0.2) is 24.5 Å². The molecule has 1 aromatic rings. The van der Waals surface area contributed by atoms with E-state index in [1.165, 1.54) is 7.11 Å². The fraction of sp³-hybridized carbons (Fsp3) is 0.579. The van der Waals surface area contributed by atoms with E-state index in [9.17, 15) is 9.59 Å². The van der Waals surface area contributed by atoms with Gasteiger partial charge in [-0.2, -0.15) is 0 Å². The molecule has 24 heavy (non-hydrogen) atoms. The summed E-state index contributed by atoms with van der Waals surface area (Å²) in [5.74, 6) is 0.385. The SMILES string of the molecule is COC(=O)C(CC1CCC(=O)C1)c1ccc(OC(C)(C)C)c(Cl)c1. The van der Waals surface area contributed by atoms with E-state index in [0.717, 1.165) is 12.0 Å². The lowest BCUT2D eigenvalue weighted by Crippen LogP contribution is -2.23. The van der Waals surface area contributed by atoms with Crippen LogP contribution in [-0.2, 0) is 14.3 Å². The average molecular weight is 353 g/mol. The third-order valence-electron chi connectivity index (χ3n) is 4.18. The van der Waals surface area contributed by atoms with Crippen molar-refractivity contribution in [2.24, 2.45) is 5.92 Å². The van der Waals surface area contributed by atoms with E-state index >= 15 is 0 Å². The van der Waals surface area contributed by atoms with Gasteiger partial charge in [-0.05, 0) is 57.2 Å². The standard InChI is InChI=1S/C19H25ClO4/c1-19(2,3)24-17-8-6-13(11-16(17)20)15(18(22)23-4)10-12-5-7-14(21)9-12/h6,8,11-12,15H,5,7,9-10H2,1-4H3. The van der Waals surface area contributed by atoms with Crippen LogP contribution in [0.25, 0.3) is 0 Å². The lowest BCUT2D eigenvalue weighted by atomic mass is 9.88. The van der Waals surface area contributed by atoms with Crippen molar-refractivity contribution in [3.63, 3.8) is 0 Å². The maximum Gasteiger partial charge on any atom is 0.313 e. The molecule has 0 aliphatic heterocycles. The number of halogens is 1. The Morgan fingerprint density at radius 2 is 2.08 bits per heavy atom. The van der Waals surface area contributed by atoms with Crippen LogP contribution < -0.4 is 4.74 Å². The van der Waals surface area contributed by atoms with Crippen molar-refractivity contribution in [2.45, 2.75) is 58.0 Å². The molecule has 0 heterocycles. The quantitative estimate of drug-likeness (QED) is 0.730. The fourth-order valence-corrected chi connectivity index (χ4v) is 3.31. The highest BCUT2D eigenvalue weighted by Crippen LogP contribution is 2.36. The van der Waals surface area contributed by atoms with Gasteiger partial charge in [0.15, 0.2) is 0 Å². The minimum atomic E-state index is -0.410. The molecule has 0 spiro atoms. The van der Waals surface area contributed by atoms with Gasteiger partial charge in [0, 0.05) is 12.8 Å². The second kappa shape index (κ2) is 7.56. The number of ketones is 1. The molecule has 0 bridgehead atoms. The van der Waals surface area contributed by atoms with Crippen molar-refractivity contribution in [1.82, 2.24) is 0 Å². The third-order valence-corrected chi connectivity index (χ3v) is 4.47. The number of hydrogen-bond acceptors (Lipinski definition) is 4. The van der Waals surface area contributed by atoms with E-state index < -0.39 is 5.92 Å². The second-order valence-corrected chi connectivity index (χ2v) is 7.77. The highest BCUT2D eigenvalue weighted by Gasteiger charge is 2.30. The van der Waals surface area contributed by atoms with Crippen LogP contribution in [0.4, 0.5) is 0 Å². The molecular formula is C19H25ClO4. The molecule has 0 radical (unpaired) electrons. The number of Topliss-reactive ketones (excluding diaryl/α,β-unsaturated/α-hetero) is 1. The molecule has 0 amide bonds. The molecule has 0 aromatic heterocycles. The van der Waals surface area contributed by atoms with E-state index in [1.807, 2.05) is 26.8 Å². The molecule has 2 unspecified atom stereocenters. The average Bonchev–Trinajstić information content (AvgIpc) is 2.90. The molecule has 0 N–H and O–H groups in total. The summed E-state index contributed by atoms with van der Waals surface area (Å²) in [6.45, 7) is 5.85. The van der Waals surface area contributed by atoms with Gasteiger partial charge in [-0.25, -0.2) is 0 Å². The highest BCUT2D eigenvalue weighted by molar-refractivity contribution is 6.32. The van der Waals surface area contributed by atoms with Crippen LogP contribution in [0.3, 0.4) is 0 Å². The topological polar surface area (TPSA) is 52.6 Å². The number of ether oxygens (including phenoxy) is 2. The predicted molar refractivity (Wildman–Crippen MR) is 93.6 cm³/mol. The maximum absolute atomic E-state index is 12.2. The summed E-state index contributed by atoms with van der Waals surface area (Å²) in [6.07, 6.45) is 2.60. The van der Waals surface area contributed by atoms with Gasteiger partial charge in [-0.15, -0.1) is 0 Å². The Bertz CT molecular complexity index is 618. The smallest absolute Gasteiger partial charge is 0.313 e. The molecule has 1 fully saturated rings. The van der Waals surface area contributed by atoms with Gasteiger partial charge in [0.05, 0.1) is 18.1 Å². The largest absolute Gasteiger partial charge is 0.487 e. The summed E-state index contributed by atoms with van der Waals surface area (Å²) in [5.41, 5.74) is 0.448. The Hall–Kier alpha value is -1.55. The minimum absolute atomic E-state index is 0.228. The van der Waals surface area contributed by atoms with Crippen LogP contribution in [0.5, 0.6) is 5.75 Å². The molecule has 2 rings (SSSR count). The zero-order chi connectivity index (χ0) is 17.9. The van der Waals surface area contributed by atoms with Crippen molar-refractivity contribution in [3.8, 4) is 5.75 Å². The van der Waals surface area contributed by atoms with Gasteiger partial charge >= 0.3 is 5.97 Å². The van der Waals surface area contributed by atoms with Gasteiger partial charge in [-0.1, -0.05) is 17.7 Å². The Morgan fingerprint density at radius 1 is 1.38 bits per heavy atom. The van der Waals surface area contributed by atoms with Crippen LogP contribution in [0, 0.1) is 5.92 Å². The molecule has 1 saturated carbocycles. The van der Waals surface area contributed by atoms with E-state index in [1.54, 1.807) is 12.1 Å². The van der Waals surface area contributed by atoms with E-state index in [-0.39, 0.29) is 23.3 Å². The van der Waals surface area contributed by atoms with Gasteiger partial charge in [0.1, 0.15) is 17.1 Å². The minimum Gasteiger partial charge on any atom is -0.487 e. The molecule has 132 valence electrons. The van der Waals surface area contributed by atoms with Crippen LogP contribution in [0.1, 0.15) is 57.9 Å². The molecule has 1 aliphatic carbocycles. The molecule has 2 atom stereocenters. The van der Waals surface area contributed by atoms with Gasteiger partial charge in [-0.3, -0.25) is 9.59 Å². The normalized spacial score (nSPS) is 19.2. The molecule has 1 aliphatic rings. The van der Waals surface area contributed by atoms with Crippen LogP contribution in [0.2, 0.25) is 5.02 Å². The Kier molecular flexibility index (Phi) is 5.92. The zero-order valence-electron chi connectivity index (χ0n) is 14.7. The lowest BCUT2D eigenvalue weighted by molar-refractivity contribution is -0.143. The summed E-state index contributed by atoms with van der Waals surface area (Å²) in [6, 6.07) is 5.41. The first-order chi connectivity index (χ1) is 11.2. The first kappa shape index (κ1) is 18.8. The lowest BCUT2D eigenvalue weighted by Gasteiger charge is -2.23. The Balaban J connectivity index is 2.21. The van der Waals surface area contributed by atoms with Crippen molar-refractivity contribution in [3.05, 3.63) is 28.8 Å². The summed E-state index contributed by atoms with van der Waals surface area (Å²) in [5, 5.41) is 0.471. The fourth-order valence-electron chi connectivity index (χ4n) is 3.08. The molecule has 4 nitrogen and oxygen atoms in total. The van der Waals surface area contributed by atoms with Crippen LogP contribution in [0.15, 0.2) is 18.2 Å². The third kappa shape index (κ3) is 4.97. The highest BCUT2D eigenvalue weighted by atomic mass is 35.5. The monoisotopic (exact) mass is 352 g/mol. The predicted octanol–water partition coefficient (Wildman–Crippen LogP) is 4.53. The maximum atomic E-state index is 12.2. The number of hydrogen-bond donors (Lipinski definition) is 0. The van der Waals surface area contributed by atoms with Gasteiger partial charge in [0.2, 0.25) is 0 Å². The van der Waals surface area contributed by atoms with E-state index in [2.05, 4.69) is 0 Å². The molecule has 1 aromatic carbocycles. The summed E-state index contributed by atoms with van der Waals surface area (Å²) in [7, 11) is 1.38. The summed E-state index contributed by atoms with van der Waals surface area (Å²) >= 11 is 6.34. The van der Waals surface area contributed by atoms with Gasteiger partial charge in [0.25, 0.3) is 0 Å². The number of esters is 1. The van der Waals surface area contributed by atoms with E-state index in [0.29, 0.717) is 30.0 Å². The number of carbonyl (C=O) groups is 2. The Morgan fingerprint density at radius 3 is 2.58 bits per heavy atom. The van der Waals surface area contributed by atoms with Crippen molar-refractivity contribution < 1.29 is 19.1 Å². The summed E-state index contributed by atoms with van der Waals surface area (Å²) < 4.78 is 10.8. The van der Waals surface area contributed by atoms with Crippen molar-refractivity contribution in [1.29, 1.82) is 0 Å². The number of methoxy groups -OCH3 is 1. The first-order valence-corrected chi connectivity index (χ1v) is 8.65. The van der Waals surface area contributed by atoms with Gasteiger partial charge < -0.3 is 9.47 Å².